The lowest BCUT2D eigenvalue weighted by atomic mass is 9.96. The third kappa shape index (κ3) is 7.01. The Morgan fingerprint density at radius 1 is 1.00 bits per heavy atom. The molecule has 0 radical (unpaired) electrons. The van der Waals surface area contributed by atoms with E-state index in [4.69, 9.17) is 15.5 Å². The number of carbonyl (C=O) groups is 2. The van der Waals surface area contributed by atoms with Crippen LogP contribution in [0, 0.1) is 18.7 Å². The van der Waals surface area contributed by atoms with Gasteiger partial charge in [0.25, 0.3) is 0 Å². The molecule has 9 rings (SSSR count). The zero-order valence-electron chi connectivity index (χ0n) is 33.1. The standard InChI is InChI=1S/C42H47FN12O3/c1-25-39(28-17-37(40(44)45-20-28)58-26(2)34-18-29(43)5-7-32(34)35-11-13-50(3)48-35)55(24-46-25)30-9-14-52(15-10-30)21-27-22-53(23-27)31-6-8-33-36(19-31)51(4)49-41(33)54-16-12-38(56)47-42(54)57/h5-8,11,13,17-20,24,26-27,30H,9-10,12,14-16,21-23H2,1-4H3,(H2,44,45)(H,47,56,57)/t26-/m1/s1. The Balaban J connectivity index is 0.825. The van der Waals surface area contributed by atoms with Crippen molar-refractivity contribution in [3.8, 4) is 28.3 Å². The Kier molecular flexibility index (Phi) is 9.58. The van der Waals surface area contributed by atoms with E-state index in [9.17, 15) is 14.0 Å². The van der Waals surface area contributed by atoms with Crippen LogP contribution in [-0.4, -0.2) is 90.2 Å². The molecule has 3 saturated heterocycles. The van der Waals surface area contributed by atoms with Gasteiger partial charge in [-0.25, -0.2) is 19.2 Å². The number of nitrogens with zero attached hydrogens (tertiary/aromatic N) is 10. The summed E-state index contributed by atoms with van der Waals surface area (Å²) in [6, 6.07) is 14.6. The van der Waals surface area contributed by atoms with Crippen LogP contribution in [0.2, 0.25) is 0 Å². The number of carbonyl (C=O) groups excluding carboxylic acids is 2. The molecule has 0 unspecified atom stereocenters. The number of nitrogens with one attached hydrogen (secondary N) is 1. The number of nitrogen functional groups attached to an aromatic ring is 1. The zero-order valence-corrected chi connectivity index (χ0v) is 33.1. The van der Waals surface area contributed by atoms with Crippen molar-refractivity contribution in [3.05, 3.63) is 84.3 Å². The predicted molar refractivity (Wildman–Crippen MR) is 219 cm³/mol. The summed E-state index contributed by atoms with van der Waals surface area (Å²) in [6.45, 7) is 9.20. The van der Waals surface area contributed by atoms with Gasteiger partial charge in [0.05, 0.1) is 28.9 Å². The molecule has 0 bridgehead atoms. The van der Waals surface area contributed by atoms with E-state index in [0.29, 0.717) is 29.6 Å². The maximum absolute atomic E-state index is 14.5. The molecular formula is C42H47FN12O3. The second-order valence-electron chi connectivity index (χ2n) is 15.8. The average Bonchev–Trinajstić information content (AvgIpc) is 3.90. The predicted octanol–water partition coefficient (Wildman–Crippen LogP) is 5.62. The smallest absolute Gasteiger partial charge is 0.329 e. The number of halogens is 1. The van der Waals surface area contributed by atoms with Gasteiger partial charge in [-0.1, -0.05) is 0 Å². The molecule has 16 heteroatoms. The molecule has 0 aliphatic carbocycles. The van der Waals surface area contributed by atoms with Crippen LogP contribution >= 0.6 is 0 Å². The summed E-state index contributed by atoms with van der Waals surface area (Å²) in [5.41, 5.74) is 13.4. The van der Waals surface area contributed by atoms with Gasteiger partial charge in [0.2, 0.25) is 5.91 Å². The molecule has 6 aromatic rings. The number of nitrogens with two attached hydrogens (primary N) is 1. The number of aryl methyl sites for hydroxylation is 3. The number of likely N-dealkylation sites (tertiary alicyclic amines) is 1. The minimum atomic E-state index is -0.534. The molecule has 1 atom stereocenters. The van der Waals surface area contributed by atoms with Crippen LogP contribution < -0.4 is 25.6 Å². The van der Waals surface area contributed by atoms with Gasteiger partial charge < -0.3 is 24.8 Å². The maximum Gasteiger partial charge on any atom is 0.329 e. The van der Waals surface area contributed by atoms with E-state index in [2.05, 4.69) is 47.0 Å². The highest BCUT2D eigenvalue weighted by Crippen LogP contribution is 2.38. The van der Waals surface area contributed by atoms with Crippen molar-refractivity contribution >= 4 is 40.2 Å². The fraction of sp³-hybridized carbons (Fsp3) is 0.381. The van der Waals surface area contributed by atoms with Gasteiger partial charge in [-0.2, -0.15) is 10.2 Å². The molecular weight excluding hydrogens is 740 g/mol. The second-order valence-corrected chi connectivity index (χ2v) is 15.8. The minimum absolute atomic E-state index is 0.257. The summed E-state index contributed by atoms with van der Waals surface area (Å²) in [7, 11) is 3.73. The third-order valence-electron chi connectivity index (χ3n) is 11.8. The topological polar surface area (TPSA) is 157 Å². The van der Waals surface area contributed by atoms with Gasteiger partial charge in [-0.15, -0.1) is 0 Å². The van der Waals surface area contributed by atoms with Crippen molar-refractivity contribution in [1.82, 2.24) is 44.3 Å². The largest absolute Gasteiger partial charge is 0.482 e. The number of pyridine rings is 1. The first-order valence-corrected chi connectivity index (χ1v) is 19.8. The van der Waals surface area contributed by atoms with Crippen LogP contribution in [0.5, 0.6) is 5.75 Å². The number of aromatic nitrogens is 7. The SMILES string of the molecule is Cc1ncn(C2CCN(CC3CN(c4ccc5c(N6CCC(=O)NC6=O)nn(C)c5c4)C3)CC2)c1-c1cnc(N)c(O[C@H](C)c2cc(F)ccc2-c2ccn(C)n2)c1. The lowest BCUT2D eigenvalue weighted by Crippen LogP contribution is -2.52. The number of urea groups is 1. The van der Waals surface area contributed by atoms with Crippen molar-refractivity contribution in [2.24, 2.45) is 20.0 Å². The van der Waals surface area contributed by atoms with Gasteiger partial charge in [0.15, 0.2) is 17.4 Å². The molecule has 3 amide bonds. The molecule has 7 heterocycles. The quantitative estimate of drug-likeness (QED) is 0.179. The molecule has 3 aliphatic rings. The maximum atomic E-state index is 14.5. The highest BCUT2D eigenvalue weighted by Gasteiger charge is 2.33. The molecule has 0 spiro atoms. The van der Waals surface area contributed by atoms with Gasteiger partial charge >= 0.3 is 6.03 Å². The molecule has 3 N–H and O–H groups in total. The van der Waals surface area contributed by atoms with E-state index < -0.39 is 12.1 Å². The highest BCUT2D eigenvalue weighted by molar-refractivity contribution is 6.09. The number of hydrogen-bond acceptors (Lipinski definition) is 10. The van der Waals surface area contributed by atoms with E-state index >= 15 is 0 Å². The Labute approximate surface area is 335 Å². The molecule has 0 saturated carbocycles. The molecule has 3 aliphatic heterocycles. The summed E-state index contributed by atoms with van der Waals surface area (Å²) in [5, 5.41) is 12.4. The number of fused-ring (bicyclic) bond motifs is 1. The second kappa shape index (κ2) is 14.9. The van der Waals surface area contributed by atoms with Crippen molar-refractivity contribution in [2.45, 2.75) is 45.3 Å². The van der Waals surface area contributed by atoms with E-state index in [-0.39, 0.29) is 30.0 Å². The number of imide groups is 1. The van der Waals surface area contributed by atoms with E-state index in [0.717, 1.165) is 90.4 Å². The van der Waals surface area contributed by atoms with Crippen LogP contribution in [-0.2, 0) is 18.9 Å². The number of anilines is 3. The first-order chi connectivity index (χ1) is 28.0. The normalized spacial score (nSPS) is 17.5. The van der Waals surface area contributed by atoms with Gasteiger partial charge in [-0.3, -0.25) is 24.4 Å². The molecule has 15 nitrogen and oxygen atoms in total. The minimum Gasteiger partial charge on any atom is -0.482 e. The molecule has 3 fully saturated rings. The van der Waals surface area contributed by atoms with Gasteiger partial charge in [0.1, 0.15) is 11.9 Å². The van der Waals surface area contributed by atoms with Crippen molar-refractivity contribution < 1.29 is 18.7 Å². The highest BCUT2D eigenvalue weighted by atomic mass is 19.1. The molecule has 4 aromatic heterocycles. The number of hydrogen-bond donors (Lipinski definition) is 2. The summed E-state index contributed by atoms with van der Waals surface area (Å²) in [6.07, 6.45) is 7.28. The summed E-state index contributed by atoms with van der Waals surface area (Å²) < 4.78 is 26.7. The van der Waals surface area contributed by atoms with E-state index in [1.807, 2.05) is 58.7 Å². The first kappa shape index (κ1) is 37.3. The Morgan fingerprint density at radius 2 is 1.81 bits per heavy atom. The number of piperidine rings is 1. The molecule has 300 valence electrons. The molecule has 58 heavy (non-hydrogen) atoms. The monoisotopic (exact) mass is 786 g/mol. The van der Waals surface area contributed by atoms with Crippen molar-refractivity contribution in [2.75, 3.05) is 54.8 Å². The Bertz CT molecular complexity index is 2530. The Morgan fingerprint density at radius 3 is 2.57 bits per heavy atom. The number of ether oxygens (including phenoxy) is 1. The number of imidazole rings is 1. The summed E-state index contributed by atoms with van der Waals surface area (Å²) >= 11 is 0. The number of benzene rings is 2. The Hall–Kier alpha value is -6.29. The van der Waals surface area contributed by atoms with E-state index in [1.54, 1.807) is 26.5 Å². The first-order valence-electron chi connectivity index (χ1n) is 19.8. The fourth-order valence-electron chi connectivity index (χ4n) is 8.71. The van der Waals surface area contributed by atoms with Crippen LogP contribution in [0.1, 0.15) is 49.6 Å². The summed E-state index contributed by atoms with van der Waals surface area (Å²) in [4.78, 5) is 39.9. The van der Waals surface area contributed by atoms with Gasteiger partial charge in [-0.05, 0) is 75.2 Å². The van der Waals surface area contributed by atoms with Crippen LogP contribution in [0.4, 0.5) is 26.5 Å². The number of amides is 3. The summed E-state index contributed by atoms with van der Waals surface area (Å²) in [5.74, 6) is 1.21. The lowest BCUT2D eigenvalue weighted by Gasteiger charge is -2.44. The lowest BCUT2D eigenvalue weighted by molar-refractivity contribution is -0.120. The van der Waals surface area contributed by atoms with E-state index in [1.165, 1.54) is 12.1 Å². The van der Waals surface area contributed by atoms with Crippen LogP contribution in [0.15, 0.2) is 67.3 Å². The number of rotatable bonds is 10. The van der Waals surface area contributed by atoms with Crippen LogP contribution in [0.25, 0.3) is 33.4 Å². The fourth-order valence-corrected chi connectivity index (χ4v) is 8.71. The third-order valence-corrected chi connectivity index (χ3v) is 11.8. The average molecular weight is 787 g/mol. The molecule has 2 aromatic carbocycles. The zero-order chi connectivity index (χ0) is 40.2. The van der Waals surface area contributed by atoms with Crippen LogP contribution in [0.3, 0.4) is 0 Å². The van der Waals surface area contributed by atoms with Gasteiger partial charge in [0, 0.05) is 112 Å². The van der Waals surface area contributed by atoms with Crippen molar-refractivity contribution in [3.63, 3.8) is 0 Å². The van der Waals surface area contributed by atoms with Crippen molar-refractivity contribution in [1.29, 1.82) is 0 Å².